The lowest BCUT2D eigenvalue weighted by molar-refractivity contribution is -0.192. The fraction of sp³-hybridized carbons (Fsp3) is 0.500. The third kappa shape index (κ3) is 5.71. The summed E-state index contributed by atoms with van der Waals surface area (Å²) in [4.78, 5) is 23.1. The van der Waals surface area contributed by atoms with Crippen molar-refractivity contribution >= 4 is 17.6 Å². The molecule has 0 aliphatic carbocycles. The number of fused-ring (bicyclic) bond motifs is 1. The van der Waals surface area contributed by atoms with Gasteiger partial charge in [-0.25, -0.2) is 4.79 Å². The highest BCUT2D eigenvalue weighted by molar-refractivity contribution is 5.93. The van der Waals surface area contributed by atoms with Gasteiger partial charge in [0, 0.05) is 18.3 Å². The molecule has 1 fully saturated rings. The van der Waals surface area contributed by atoms with Gasteiger partial charge >= 0.3 is 12.1 Å². The van der Waals surface area contributed by atoms with Gasteiger partial charge < -0.3 is 15.7 Å². The summed E-state index contributed by atoms with van der Waals surface area (Å²) in [7, 11) is 0. The van der Waals surface area contributed by atoms with Crippen LogP contribution >= 0.6 is 0 Å². The molecule has 2 aliphatic heterocycles. The minimum atomic E-state index is -5.08. The number of nitrogens with zero attached hydrogens (tertiary/aromatic N) is 1. The van der Waals surface area contributed by atoms with Crippen LogP contribution in [0.3, 0.4) is 0 Å². The van der Waals surface area contributed by atoms with Crippen molar-refractivity contribution in [3.8, 4) is 0 Å². The van der Waals surface area contributed by atoms with Gasteiger partial charge in [0.25, 0.3) is 0 Å². The molecule has 6 nitrogen and oxygen atoms in total. The van der Waals surface area contributed by atoms with Crippen LogP contribution in [0, 0.1) is 0 Å². The zero-order valence-electron chi connectivity index (χ0n) is 13.5. The first-order valence-corrected chi connectivity index (χ1v) is 7.90. The third-order valence-electron chi connectivity index (χ3n) is 4.08. The van der Waals surface area contributed by atoms with Crippen molar-refractivity contribution < 1.29 is 27.9 Å². The smallest absolute Gasteiger partial charge is 0.475 e. The van der Waals surface area contributed by atoms with Crippen LogP contribution in [0.1, 0.15) is 18.4 Å². The van der Waals surface area contributed by atoms with Crippen LogP contribution in [0.15, 0.2) is 24.3 Å². The highest BCUT2D eigenvalue weighted by atomic mass is 19.4. The Kier molecular flexibility index (Phi) is 6.38. The van der Waals surface area contributed by atoms with Crippen molar-refractivity contribution in [3.05, 3.63) is 29.8 Å². The molecular weight excluding hydrogens is 339 g/mol. The summed E-state index contributed by atoms with van der Waals surface area (Å²) in [6.07, 6.45) is -2.81. The number of para-hydroxylation sites is 1. The first-order chi connectivity index (χ1) is 11.8. The minimum absolute atomic E-state index is 0.110. The zero-order chi connectivity index (χ0) is 18.4. The van der Waals surface area contributed by atoms with Crippen molar-refractivity contribution in [3.63, 3.8) is 0 Å². The molecule has 25 heavy (non-hydrogen) atoms. The van der Waals surface area contributed by atoms with Gasteiger partial charge in [0.2, 0.25) is 5.91 Å². The van der Waals surface area contributed by atoms with E-state index in [0.29, 0.717) is 12.6 Å². The van der Waals surface area contributed by atoms with Gasteiger partial charge in [-0.05, 0) is 37.6 Å². The van der Waals surface area contributed by atoms with Gasteiger partial charge in [0.15, 0.2) is 0 Å². The molecule has 2 heterocycles. The number of alkyl halides is 3. The van der Waals surface area contributed by atoms with Crippen molar-refractivity contribution in [1.82, 2.24) is 10.2 Å². The van der Waals surface area contributed by atoms with E-state index in [0.717, 1.165) is 38.2 Å². The summed E-state index contributed by atoms with van der Waals surface area (Å²) in [5.41, 5.74) is 2.20. The summed E-state index contributed by atoms with van der Waals surface area (Å²) in [5.74, 6) is -2.65. The van der Waals surface area contributed by atoms with Crippen molar-refractivity contribution in [1.29, 1.82) is 0 Å². The maximum atomic E-state index is 11.9. The molecule has 1 amide bonds. The van der Waals surface area contributed by atoms with Crippen LogP contribution in [0.5, 0.6) is 0 Å². The molecule has 0 saturated carbocycles. The number of piperidine rings is 1. The van der Waals surface area contributed by atoms with Crippen LogP contribution in [0.25, 0.3) is 0 Å². The summed E-state index contributed by atoms with van der Waals surface area (Å²) in [6, 6.07) is 8.63. The van der Waals surface area contributed by atoms with Crippen molar-refractivity contribution in [2.24, 2.45) is 0 Å². The summed E-state index contributed by atoms with van der Waals surface area (Å²) in [6.45, 7) is 3.51. The van der Waals surface area contributed by atoms with Crippen LogP contribution in [0.4, 0.5) is 18.9 Å². The Morgan fingerprint density at radius 3 is 2.36 bits per heavy atom. The summed E-state index contributed by atoms with van der Waals surface area (Å²) < 4.78 is 31.7. The molecule has 0 atom stereocenters. The number of hydrogen-bond acceptors (Lipinski definition) is 4. The van der Waals surface area contributed by atoms with Gasteiger partial charge in [0.1, 0.15) is 0 Å². The van der Waals surface area contributed by atoms with Gasteiger partial charge in [-0.2, -0.15) is 13.2 Å². The molecule has 9 heteroatoms. The van der Waals surface area contributed by atoms with E-state index >= 15 is 0 Å². The van der Waals surface area contributed by atoms with E-state index in [1.807, 2.05) is 18.2 Å². The largest absolute Gasteiger partial charge is 0.490 e. The normalized spacial score (nSPS) is 19.1. The Hall–Kier alpha value is -2.13. The molecule has 0 radical (unpaired) electrons. The maximum absolute atomic E-state index is 11.9. The van der Waals surface area contributed by atoms with E-state index < -0.39 is 12.1 Å². The van der Waals surface area contributed by atoms with Crippen LogP contribution < -0.4 is 10.6 Å². The molecule has 1 aromatic carbocycles. The Labute approximate surface area is 143 Å². The number of hydrogen-bond donors (Lipinski definition) is 3. The minimum Gasteiger partial charge on any atom is -0.475 e. The van der Waals surface area contributed by atoms with E-state index in [9.17, 15) is 18.0 Å². The number of nitrogens with one attached hydrogen (secondary N) is 2. The van der Waals surface area contributed by atoms with E-state index in [1.54, 1.807) is 0 Å². The predicted molar refractivity (Wildman–Crippen MR) is 85.1 cm³/mol. The van der Waals surface area contributed by atoms with E-state index in [1.165, 1.54) is 5.56 Å². The number of aliphatic carboxylic acids is 1. The Bertz CT molecular complexity index is 616. The van der Waals surface area contributed by atoms with Crippen LogP contribution in [-0.2, 0) is 16.1 Å². The molecule has 0 bridgehead atoms. The Morgan fingerprint density at radius 1 is 1.16 bits per heavy atom. The fourth-order valence-corrected chi connectivity index (χ4v) is 2.86. The molecule has 0 unspecified atom stereocenters. The topological polar surface area (TPSA) is 81.7 Å². The summed E-state index contributed by atoms with van der Waals surface area (Å²) >= 11 is 0. The molecule has 0 spiro atoms. The first-order valence-electron chi connectivity index (χ1n) is 7.90. The van der Waals surface area contributed by atoms with Gasteiger partial charge in [-0.1, -0.05) is 18.2 Å². The monoisotopic (exact) mass is 359 g/mol. The van der Waals surface area contributed by atoms with E-state index in [-0.39, 0.29) is 5.91 Å². The average Bonchev–Trinajstić information content (AvgIpc) is 2.73. The number of carbonyl (C=O) groups excluding carboxylic acids is 1. The second kappa shape index (κ2) is 8.30. The standard InChI is InChI=1S/C14H19N3O.C2HF3O2/c18-14-10-17(12-5-7-15-8-6-12)9-11-3-1-2-4-13(11)16-14;3-2(4,5)1(6)7/h1-4,12,15H,5-10H2,(H,16,18);(H,6,7). The number of benzene rings is 1. The van der Waals surface area contributed by atoms with Gasteiger partial charge in [-0.3, -0.25) is 9.69 Å². The van der Waals surface area contributed by atoms with E-state index in [2.05, 4.69) is 21.6 Å². The molecule has 2 aliphatic rings. The number of carboxylic acid groups (broad SMARTS) is 1. The quantitative estimate of drug-likeness (QED) is 0.713. The zero-order valence-corrected chi connectivity index (χ0v) is 13.5. The summed E-state index contributed by atoms with van der Waals surface area (Å²) in [5, 5.41) is 13.5. The molecule has 138 valence electrons. The number of amides is 1. The number of anilines is 1. The number of carbonyl (C=O) groups is 2. The number of rotatable bonds is 1. The Balaban J connectivity index is 0.000000277. The molecular formula is C16H20F3N3O3. The second-order valence-corrected chi connectivity index (χ2v) is 5.89. The highest BCUT2D eigenvalue weighted by Crippen LogP contribution is 2.23. The molecule has 3 rings (SSSR count). The van der Waals surface area contributed by atoms with Gasteiger partial charge in [-0.15, -0.1) is 0 Å². The molecule has 3 N–H and O–H groups in total. The fourth-order valence-electron chi connectivity index (χ4n) is 2.86. The Morgan fingerprint density at radius 2 is 1.76 bits per heavy atom. The third-order valence-corrected chi connectivity index (χ3v) is 4.08. The SMILES string of the molecule is O=C(O)C(F)(F)F.O=C1CN(C2CCNCC2)Cc2ccccc2N1. The van der Waals surface area contributed by atoms with Crippen LogP contribution in [-0.4, -0.2) is 53.7 Å². The maximum Gasteiger partial charge on any atom is 0.490 e. The molecule has 1 saturated heterocycles. The van der Waals surface area contributed by atoms with Crippen molar-refractivity contribution in [2.75, 3.05) is 25.0 Å². The lowest BCUT2D eigenvalue weighted by Crippen LogP contribution is -2.44. The first kappa shape index (κ1) is 19.2. The average molecular weight is 359 g/mol. The second-order valence-electron chi connectivity index (χ2n) is 5.89. The van der Waals surface area contributed by atoms with Gasteiger partial charge in [0.05, 0.1) is 6.54 Å². The van der Waals surface area contributed by atoms with Crippen LogP contribution in [0.2, 0.25) is 0 Å². The molecule has 0 aromatic heterocycles. The number of carboxylic acids is 1. The van der Waals surface area contributed by atoms with E-state index in [4.69, 9.17) is 9.90 Å². The number of halogens is 3. The molecule has 1 aromatic rings. The highest BCUT2D eigenvalue weighted by Gasteiger charge is 2.38. The lowest BCUT2D eigenvalue weighted by atomic mass is 10.0. The van der Waals surface area contributed by atoms with Crippen molar-refractivity contribution in [2.45, 2.75) is 31.6 Å². The predicted octanol–water partition coefficient (Wildman–Crippen LogP) is 1.83. The lowest BCUT2D eigenvalue weighted by Gasteiger charge is -2.33.